The van der Waals surface area contributed by atoms with Gasteiger partial charge in [0.05, 0.1) is 22.9 Å². The van der Waals surface area contributed by atoms with E-state index >= 15 is 0 Å². The van der Waals surface area contributed by atoms with Crippen LogP contribution in [0.3, 0.4) is 0 Å². The van der Waals surface area contributed by atoms with E-state index in [2.05, 4.69) is 0 Å². The lowest BCUT2D eigenvalue weighted by Crippen LogP contribution is -2.32. The highest BCUT2D eigenvalue weighted by atomic mass is 16.6. The topological polar surface area (TPSA) is 121 Å². The molecule has 1 heterocycles. The number of rotatable bonds is 5. The van der Waals surface area contributed by atoms with Crippen LogP contribution in [-0.4, -0.2) is 33.7 Å². The SMILES string of the molecule is COc1ccc([N+](=O)[O-])c2cc(CC(N)C(=O)O)n(C)c12. The molecule has 0 radical (unpaired) electrons. The van der Waals surface area contributed by atoms with Crippen molar-refractivity contribution in [2.24, 2.45) is 12.8 Å². The fourth-order valence-electron chi connectivity index (χ4n) is 2.31. The molecule has 0 spiro atoms. The van der Waals surface area contributed by atoms with Crippen molar-refractivity contribution in [1.29, 1.82) is 0 Å². The van der Waals surface area contributed by atoms with E-state index in [0.29, 0.717) is 22.3 Å². The first-order valence-electron chi connectivity index (χ1n) is 6.15. The third-order valence-corrected chi connectivity index (χ3v) is 3.40. The average Bonchev–Trinajstić information content (AvgIpc) is 2.75. The van der Waals surface area contributed by atoms with E-state index < -0.39 is 16.9 Å². The number of nitro benzene ring substituents is 1. The van der Waals surface area contributed by atoms with Crippen LogP contribution in [-0.2, 0) is 18.3 Å². The number of carboxylic acid groups (broad SMARTS) is 1. The minimum atomic E-state index is -1.12. The van der Waals surface area contributed by atoms with Crippen LogP contribution in [0.2, 0.25) is 0 Å². The van der Waals surface area contributed by atoms with Gasteiger partial charge in [0.2, 0.25) is 0 Å². The number of nitro groups is 1. The van der Waals surface area contributed by atoms with Gasteiger partial charge in [-0.1, -0.05) is 0 Å². The minimum absolute atomic E-state index is 0.0588. The molecule has 8 heteroatoms. The van der Waals surface area contributed by atoms with Crippen molar-refractivity contribution in [2.75, 3.05) is 7.11 Å². The molecule has 0 bridgehead atoms. The minimum Gasteiger partial charge on any atom is -0.495 e. The Morgan fingerprint density at radius 3 is 2.76 bits per heavy atom. The Morgan fingerprint density at radius 2 is 2.24 bits per heavy atom. The molecule has 0 fully saturated rings. The number of aryl methyl sites for hydroxylation is 1. The second kappa shape index (κ2) is 5.41. The van der Waals surface area contributed by atoms with Gasteiger partial charge in [0.15, 0.2) is 0 Å². The van der Waals surface area contributed by atoms with E-state index in [0.717, 1.165) is 0 Å². The molecule has 0 saturated heterocycles. The zero-order chi connectivity index (χ0) is 15.7. The highest BCUT2D eigenvalue weighted by Crippen LogP contribution is 2.35. The van der Waals surface area contributed by atoms with Crippen molar-refractivity contribution in [2.45, 2.75) is 12.5 Å². The number of non-ortho nitro benzene ring substituents is 1. The fraction of sp³-hybridized carbons (Fsp3) is 0.308. The van der Waals surface area contributed by atoms with E-state index in [1.807, 2.05) is 0 Å². The van der Waals surface area contributed by atoms with E-state index in [-0.39, 0.29) is 12.1 Å². The Bertz CT molecular complexity index is 722. The van der Waals surface area contributed by atoms with Crippen molar-refractivity contribution in [3.8, 4) is 5.75 Å². The van der Waals surface area contributed by atoms with Crippen LogP contribution in [0.25, 0.3) is 10.9 Å². The number of methoxy groups -OCH3 is 1. The number of aromatic nitrogens is 1. The number of nitrogens with zero attached hydrogens (tertiary/aromatic N) is 2. The quantitative estimate of drug-likeness (QED) is 0.628. The van der Waals surface area contributed by atoms with Crippen LogP contribution in [0.15, 0.2) is 18.2 Å². The molecule has 1 aromatic carbocycles. The number of fused-ring (bicyclic) bond motifs is 1. The maximum Gasteiger partial charge on any atom is 0.320 e. The maximum atomic E-state index is 11.1. The molecule has 0 aliphatic carbocycles. The number of hydrogen-bond donors (Lipinski definition) is 2. The third kappa shape index (κ3) is 2.52. The second-order valence-corrected chi connectivity index (χ2v) is 4.65. The summed E-state index contributed by atoms with van der Waals surface area (Å²) in [5, 5.41) is 20.4. The number of aliphatic carboxylic acids is 1. The third-order valence-electron chi connectivity index (χ3n) is 3.40. The van der Waals surface area contributed by atoms with E-state index in [1.165, 1.54) is 19.2 Å². The summed E-state index contributed by atoms with van der Waals surface area (Å²) in [6.07, 6.45) is 0.0703. The van der Waals surface area contributed by atoms with Crippen LogP contribution in [0, 0.1) is 10.1 Å². The number of carbonyl (C=O) groups is 1. The lowest BCUT2D eigenvalue weighted by atomic mass is 10.1. The summed E-state index contributed by atoms with van der Waals surface area (Å²) in [6, 6.07) is 3.39. The molecule has 2 rings (SSSR count). The molecular weight excluding hydrogens is 278 g/mol. The number of benzene rings is 1. The van der Waals surface area contributed by atoms with Gasteiger partial charge in [-0.25, -0.2) is 0 Å². The zero-order valence-electron chi connectivity index (χ0n) is 11.6. The largest absolute Gasteiger partial charge is 0.495 e. The van der Waals surface area contributed by atoms with Crippen molar-refractivity contribution in [3.05, 3.63) is 34.0 Å². The number of ether oxygens (including phenoxy) is 1. The average molecular weight is 293 g/mol. The first-order valence-corrected chi connectivity index (χ1v) is 6.15. The summed E-state index contributed by atoms with van der Waals surface area (Å²) in [4.78, 5) is 21.5. The molecule has 1 atom stereocenters. The fourth-order valence-corrected chi connectivity index (χ4v) is 2.31. The summed E-state index contributed by atoms with van der Waals surface area (Å²) in [7, 11) is 3.16. The Morgan fingerprint density at radius 1 is 1.57 bits per heavy atom. The molecule has 112 valence electrons. The molecule has 0 aliphatic rings. The molecule has 8 nitrogen and oxygen atoms in total. The smallest absolute Gasteiger partial charge is 0.320 e. The Kier molecular flexibility index (Phi) is 3.81. The number of hydrogen-bond acceptors (Lipinski definition) is 5. The second-order valence-electron chi connectivity index (χ2n) is 4.65. The Balaban J connectivity index is 2.65. The van der Waals surface area contributed by atoms with Gasteiger partial charge in [0.25, 0.3) is 5.69 Å². The van der Waals surface area contributed by atoms with Crippen LogP contribution in [0.1, 0.15) is 5.69 Å². The van der Waals surface area contributed by atoms with E-state index in [9.17, 15) is 14.9 Å². The van der Waals surface area contributed by atoms with Crippen LogP contribution in [0.5, 0.6) is 5.75 Å². The van der Waals surface area contributed by atoms with E-state index in [1.54, 1.807) is 17.7 Å². The molecule has 1 aromatic heterocycles. The van der Waals surface area contributed by atoms with Gasteiger partial charge >= 0.3 is 5.97 Å². The molecule has 0 saturated carbocycles. The van der Waals surface area contributed by atoms with Gasteiger partial charge in [-0.2, -0.15) is 0 Å². The summed E-state index contributed by atoms with van der Waals surface area (Å²) >= 11 is 0. The standard InChI is InChI=1S/C13H15N3O5/c1-15-7(6-9(14)13(17)18)5-8-10(16(19)20)3-4-11(21-2)12(8)15/h3-5,9H,6,14H2,1-2H3,(H,17,18). The lowest BCUT2D eigenvalue weighted by Gasteiger charge is -2.09. The zero-order valence-corrected chi connectivity index (χ0v) is 11.6. The molecule has 1 unspecified atom stereocenters. The normalized spacial score (nSPS) is 12.3. The van der Waals surface area contributed by atoms with Gasteiger partial charge < -0.3 is 20.1 Å². The summed E-state index contributed by atoms with van der Waals surface area (Å²) in [5.41, 5.74) is 6.60. The van der Waals surface area contributed by atoms with E-state index in [4.69, 9.17) is 15.6 Å². The van der Waals surface area contributed by atoms with Crippen molar-refractivity contribution in [1.82, 2.24) is 4.57 Å². The first kappa shape index (κ1) is 14.8. The number of nitrogens with two attached hydrogens (primary N) is 1. The molecule has 3 N–H and O–H groups in total. The summed E-state index contributed by atoms with van der Waals surface area (Å²) in [6.45, 7) is 0. The van der Waals surface area contributed by atoms with Crippen molar-refractivity contribution < 1.29 is 19.6 Å². The van der Waals surface area contributed by atoms with Gasteiger partial charge in [0.1, 0.15) is 11.8 Å². The van der Waals surface area contributed by atoms with Crippen LogP contribution < -0.4 is 10.5 Å². The van der Waals surface area contributed by atoms with Crippen LogP contribution >= 0.6 is 0 Å². The Hall–Kier alpha value is -2.61. The summed E-state index contributed by atoms with van der Waals surface area (Å²) in [5.74, 6) is -0.644. The first-order chi connectivity index (χ1) is 9.86. The highest BCUT2D eigenvalue weighted by molar-refractivity contribution is 5.94. The monoisotopic (exact) mass is 293 g/mol. The molecule has 0 amide bonds. The van der Waals surface area contributed by atoms with Gasteiger partial charge in [0, 0.05) is 25.2 Å². The lowest BCUT2D eigenvalue weighted by molar-refractivity contribution is -0.383. The predicted octanol–water partition coefficient (Wildman–Crippen LogP) is 1.05. The number of carboxylic acids is 1. The molecule has 21 heavy (non-hydrogen) atoms. The maximum absolute atomic E-state index is 11.1. The molecule has 2 aromatic rings. The molecular formula is C13H15N3O5. The summed E-state index contributed by atoms with van der Waals surface area (Å²) < 4.78 is 6.89. The Labute approximate surface area is 119 Å². The van der Waals surface area contributed by atoms with Crippen LogP contribution in [0.4, 0.5) is 5.69 Å². The van der Waals surface area contributed by atoms with Gasteiger partial charge in [-0.15, -0.1) is 0 Å². The van der Waals surface area contributed by atoms with Gasteiger partial charge in [-0.05, 0) is 12.1 Å². The molecule has 0 aliphatic heterocycles. The van der Waals surface area contributed by atoms with Gasteiger partial charge in [-0.3, -0.25) is 14.9 Å². The van der Waals surface area contributed by atoms with Crippen molar-refractivity contribution in [3.63, 3.8) is 0 Å². The van der Waals surface area contributed by atoms with Crippen molar-refractivity contribution >= 4 is 22.6 Å². The highest BCUT2D eigenvalue weighted by Gasteiger charge is 2.22. The predicted molar refractivity (Wildman–Crippen MR) is 75.4 cm³/mol.